The number of carbonyl (C=O) groups excluding carboxylic acids is 1. The predicted octanol–water partition coefficient (Wildman–Crippen LogP) is 1.12. The Hall–Kier alpha value is -1.39. The van der Waals surface area contributed by atoms with Gasteiger partial charge in [-0.1, -0.05) is 24.3 Å². The molecule has 4 nitrogen and oxygen atoms in total. The lowest BCUT2D eigenvalue weighted by atomic mass is 9.90. The Morgan fingerprint density at radius 2 is 2.26 bits per heavy atom. The second kappa shape index (κ2) is 5.31. The Morgan fingerprint density at radius 3 is 3.05 bits per heavy atom. The summed E-state index contributed by atoms with van der Waals surface area (Å²) in [7, 11) is 1.72. The van der Waals surface area contributed by atoms with Crippen molar-refractivity contribution in [3.8, 4) is 0 Å². The molecule has 4 heteroatoms. The zero-order valence-electron chi connectivity index (χ0n) is 11.3. The number of hydrogen-bond donors (Lipinski definition) is 1. The van der Waals surface area contributed by atoms with Crippen LogP contribution in [0.2, 0.25) is 0 Å². The molecule has 1 amide bonds. The third-order valence-corrected chi connectivity index (χ3v) is 4.18. The number of carbonyl (C=O) groups is 1. The Kier molecular flexibility index (Phi) is 3.53. The van der Waals surface area contributed by atoms with Crippen LogP contribution in [0, 0.1) is 0 Å². The number of fused-ring (bicyclic) bond motifs is 1. The van der Waals surface area contributed by atoms with Gasteiger partial charge < -0.3 is 15.0 Å². The molecule has 1 saturated heterocycles. The Labute approximate surface area is 113 Å². The molecule has 2 aliphatic rings. The van der Waals surface area contributed by atoms with Crippen LogP contribution in [0.3, 0.4) is 0 Å². The molecular weight excluding hydrogens is 240 g/mol. The molecule has 2 atom stereocenters. The molecule has 19 heavy (non-hydrogen) atoms. The molecule has 2 heterocycles. The molecule has 1 aromatic carbocycles. The molecule has 0 radical (unpaired) electrons. The van der Waals surface area contributed by atoms with Gasteiger partial charge in [0.15, 0.2) is 0 Å². The lowest BCUT2D eigenvalue weighted by molar-refractivity contribution is -0.132. The smallest absolute Gasteiger partial charge is 0.231 e. The lowest BCUT2D eigenvalue weighted by Gasteiger charge is -2.29. The molecule has 1 fully saturated rings. The van der Waals surface area contributed by atoms with Crippen LogP contribution in [0.5, 0.6) is 0 Å². The second-order valence-corrected chi connectivity index (χ2v) is 5.31. The third-order valence-electron chi connectivity index (χ3n) is 4.18. The average Bonchev–Trinajstić information content (AvgIpc) is 2.95. The number of likely N-dealkylation sites (tertiary alicyclic amines) is 1. The van der Waals surface area contributed by atoms with E-state index in [0.29, 0.717) is 0 Å². The SMILES string of the molecule is COC1CCN(C(=O)C2CNCc3ccccc32)C1. The summed E-state index contributed by atoms with van der Waals surface area (Å²) in [5, 5.41) is 3.34. The minimum atomic E-state index is -0.0412. The number of methoxy groups -OCH3 is 1. The van der Waals surface area contributed by atoms with Gasteiger partial charge in [0.25, 0.3) is 0 Å². The van der Waals surface area contributed by atoms with E-state index in [-0.39, 0.29) is 17.9 Å². The van der Waals surface area contributed by atoms with Crippen LogP contribution in [0.15, 0.2) is 24.3 Å². The van der Waals surface area contributed by atoms with Crippen molar-refractivity contribution in [1.29, 1.82) is 0 Å². The van der Waals surface area contributed by atoms with Crippen molar-refractivity contribution in [2.45, 2.75) is 25.0 Å². The Morgan fingerprint density at radius 1 is 1.42 bits per heavy atom. The van der Waals surface area contributed by atoms with Gasteiger partial charge in [-0.15, -0.1) is 0 Å². The van der Waals surface area contributed by atoms with Gasteiger partial charge in [0.05, 0.1) is 12.0 Å². The van der Waals surface area contributed by atoms with Gasteiger partial charge in [0.1, 0.15) is 0 Å². The number of benzene rings is 1. The molecule has 0 saturated carbocycles. The van der Waals surface area contributed by atoms with Crippen molar-refractivity contribution in [3.63, 3.8) is 0 Å². The highest BCUT2D eigenvalue weighted by Gasteiger charge is 2.33. The van der Waals surface area contributed by atoms with E-state index in [1.54, 1.807) is 7.11 Å². The molecule has 2 aliphatic heterocycles. The highest BCUT2D eigenvalue weighted by Crippen LogP contribution is 2.27. The Bertz CT molecular complexity index is 475. The minimum absolute atomic E-state index is 0.0412. The fourth-order valence-electron chi connectivity index (χ4n) is 3.06. The number of ether oxygens (including phenoxy) is 1. The largest absolute Gasteiger partial charge is 0.380 e. The molecule has 3 rings (SSSR count). The number of rotatable bonds is 2. The summed E-state index contributed by atoms with van der Waals surface area (Å²) in [6.45, 7) is 3.15. The quantitative estimate of drug-likeness (QED) is 0.866. The van der Waals surface area contributed by atoms with Crippen LogP contribution in [-0.4, -0.2) is 43.7 Å². The van der Waals surface area contributed by atoms with Gasteiger partial charge >= 0.3 is 0 Å². The van der Waals surface area contributed by atoms with Crippen molar-refractivity contribution in [2.75, 3.05) is 26.7 Å². The van der Waals surface area contributed by atoms with Crippen molar-refractivity contribution in [1.82, 2.24) is 10.2 Å². The highest BCUT2D eigenvalue weighted by atomic mass is 16.5. The minimum Gasteiger partial charge on any atom is -0.380 e. The zero-order chi connectivity index (χ0) is 13.2. The number of nitrogens with zero attached hydrogens (tertiary/aromatic N) is 1. The van der Waals surface area contributed by atoms with E-state index in [9.17, 15) is 4.79 Å². The molecule has 0 aliphatic carbocycles. The zero-order valence-corrected chi connectivity index (χ0v) is 11.3. The van der Waals surface area contributed by atoms with Gasteiger partial charge in [-0.2, -0.15) is 0 Å². The molecule has 1 aromatic rings. The van der Waals surface area contributed by atoms with E-state index in [1.165, 1.54) is 11.1 Å². The van der Waals surface area contributed by atoms with Gasteiger partial charge in [0, 0.05) is 33.3 Å². The van der Waals surface area contributed by atoms with Crippen molar-refractivity contribution < 1.29 is 9.53 Å². The summed E-state index contributed by atoms with van der Waals surface area (Å²) in [6, 6.07) is 8.24. The van der Waals surface area contributed by atoms with Gasteiger partial charge in [-0.25, -0.2) is 0 Å². The van der Waals surface area contributed by atoms with E-state index in [4.69, 9.17) is 4.74 Å². The first kappa shape index (κ1) is 12.6. The number of nitrogens with one attached hydrogen (secondary N) is 1. The summed E-state index contributed by atoms with van der Waals surface area (Å²) in [6.07, 6.45) is 1.15. The molecule has 0 spiro atoms. The number of amides is 1. The summed E-state index contributed by atoms with van der Waals surface area (Å²) in [4.78, 5) is 14.6. The summed E-state index contributed by atoms with van der Waals surface area (Å²) in [5.74, 6) is 0.194. The van der Waals surface area contributed by atoms with E-state index < -0.39 is 0 Å². The maximum atomic E-state index is 12.7. The molecule has 0 bridgehead atoms. The van der Waals surface area contributed by atoms with Crippen molar-refractivity contribution >= 4 is 5.91 Å². The van der Waals surface area contributed by atoms with Gasteiger partial charge in [0.2, 0.25) is 5.91 Å². The normalized spacial score (nSPS) is 26.3. The fraction of sp³-hybridized carbons (Fsp3) is 0.533. The third kappa shape index (κ3) is 2.38. The van der Waals surface area contributed by atoms with Crippen LogP contribution in [0.4, 0.5) is 0 Å². The van der Waals surface area contributed by atoms with E-state index in [2.05, 4.69) is 17.4 Å². The molecule has 1 N–H and O–H groups in total. The monoisotopic (exact) mass is 260 g/mol. The van der Waals surface area contributed by atoms with Crippen LogP contribution in [0.1, 0.15) is 23.5 Å². The first-order valence-electron chi connectivity index (χ1n) is 6.89. The summed E-state index contributed by atoms with van der Waals surface area (Å²) < 4.78 is 5.34. The molecule has 0 aromatic heterocycles. The molecule has 2 unspecified atom stereocenters. The maximum Gasteiger partial charge on any atom is 0.231 e. The average molecular weight is 260 g/mol. The van der Waals surface area contributed by atoms with Crippen molar-refractivity contribution in [2.24, 2.45) is 0 Å². The lowest BCUT2D eigenvalue weighted by Crippen LogP contribution is -2.41. The van der Waals surface area contributed by atoms with E-state index in [1.807, 2.05) is 17.0 Å². The molecule has 102 valence electrons. The second-order valence-electron chi connectivity index (χ2n) is 5.31. The predicted molar refractivity (Wildman–Crippen MR) is 72.9 cm³/mol. The van der Waals surface area contributed by atoms with E-state index >= 15 is 0 Å². The van der Waals surface area contributed by atoms with Crippen LogP contribution < -0.4 is 5.32 Å². The van der Waals surface area contributed by atoms with Gasteiger partial charge in [-0.05, 0) is 17.5 Å². The van der Waals surface area contributed by atoms with Crippen LogP contribution in [0.25, 0.3) is 0 Å². The number of hydrogen-bond acceptors (Lipinski definition) is 3. The topological polar surface area (TPSA) is 41.6 Å². The summed E-state index contributed by atoms with van der Waals surface area (Å²) >= 11 is 0. The Balaban J connectivity index is 1.78. The first-order chi connectivity index (χ1) is 9.29. The van der Waals surface area contributed by atoms with Crippen LogP contribution in [-0.2, 0) is 16.1 Å². The fourth-order valence-corrected chi connectivity index (χ4v) is 3.06. The first-order valence-corrected chi connectivity index (χ1v) is 6.89. The highest BCUT2D eigenvalue weighted by molar-refractivity contribution is 5.85. The summed E-state index contributed by atoms with van der Waals surface area (Å²) in [5.41, 5.74) is 2.43. The van der Waals surface area contributed by atoms with Gasteiger partial charge in [-0.3, -0.25) is 4.79 Å². The molecular formula is C15H20N2O2. The van der Waals surface area contributed by atoms with Crippen LogP contribution >= 0.6 is 0 Å². The maximum absolute atomic E-state index is 12.7. The van der Waals surface area contributed by atoms with Crippen molar-refractivity contribution in [3.05, 3.63) is 35.4 Å². The standard InChI is InChI=1S/C15H20N2O2/c1-19-12-6-7-17(10-12)15(18)14-9-16-8-11-4-2-3-5-13(11)14/h2-5,12,14,16H,6-10H2,1H3. The van der Waals surface area contributed by atoms with E-state index in [0.717, 1.165) is 32.6 Å².